The summed E-state index contributed by atoms with van der Waals surface area (Å²) >= 11 is 1.56. The molecule has 1 aliphatic heterocycles. The average molecular weight is 743 g/mol. The predicted octanol–water partition coefficient (Wildman–Crippen LogP) is 7.93. The van der Waals surface area contributed by atoms with Gasteiger partial charge in [0.05, 0.1) is 24.5 Å². The van der Waals surface area contributed by atoms with Crippen LogP contribution < -0.4 is 10.6 Å². The van der Waals surface area contributed by atoms with Crippen molar-refractivity contribution < 1.29 is 19.4 Å². The highest BCUT2D eigenvalue weighted by Gasteiger charge is 2.51. The fourth-order valence-electron chi connectivity index (χ4n) is 9.65. The summed E-state index contributed by atoms with van der Waals surface area (Å²) in [6, 6.07) is 34.4. The van der Waals surface area contributed by atoms with E-state index in [9.17, 15) is 9.90 Å². The highest BCUT2D eigenvalue weighted by molar-refractivity contribution is 7.99. The summed E-state index contributed by atoms with van der Waals surface area (Å²) in [4.78, 5) is 13.2. The number of aliphatic hydroxyl groups is 1. The van der Waals surface area contributed by atoms with Crippen LogP contribution in [0.15, 0.2) is 108 Å². The van der Waals surface area contributed by atoms with Gasteiger partial charge in [-0.3, -0.25) is 0 Å². The molecular weight excluding hydrogens is 697 g/mol. The minimum atomic E-state index is -0.602. The summed E-state index contributed by atoms with van der Waals surface area (Å²) in [5.41, 5.74) is 6.85. The summed E-state index contributed by atoms with van der Waals surface area (Å²) < 4.78 is 15.1. The molecule has 10 rings (SSSR count). The van der Waals surface area contributed by atoms with E-state index in [4.69, 9.17) is 9.47 Å². The van der Waals surface area contributed by atoms with E-state index in [1.807, 2.05) is 72.8 Å². The van der Waals surface area contributed by atoms with Crippen LogP contribution in [-0.4, -0.2) is 48.7 Å². The molecule has 0 radical (unpaired) electrons. The largest absolute Gasteiger partial charge is 0.392 e. The molecule has 2 heterocycles. The molecule has 5 aromatic rings. The molecule has 10 nitrogen and oxygen atoms in total. The molecule has 1 saturated heterocycles. The van der Waals surface area contributed by atoms with Gasteiger partial charge in [0.15, 0.2) is 6.29 Å². The number of hydrogen-bond donors (Lipinski definition) is 3. The second-order valence-corrected chi connectivity index (χ2v) is 16.7. The summed E-state index contributed by atoms with van der Waals surface area (Å²) in [6.45, 7) is 0.455. The Morgan fingerprint density at radius 3 is 2.26 bits per heavy atom. The normalized spacial score (nSPS) is 27.1. The zero-order chi connectivity index (χ0) is 36.5. The number of nitrogens with zero attached hydrogens (tertiary/aromatic N) is 4. The quantitative estimate of drug-likeness (QED) is 0.117. The van der Waals surface area contributed by atoms with Crippen molar-refractivity contribution in [2.75, 3.05) is 5.75 Å². The van der Waals surface area contributed by atoms with Crippen molar-refractivity contribution in [1.29, 1.82) is 0 Å². The molecule has 4 saturated carbocycles. The van der Waals surface area contributed by atoms with Crippen LogP contribution in [0.25, 0.3) is 16.8 Å². The number of urea groups is 1. The molecular formula is C43H46N6O4S. The van der Waals surface area contributed by atoms with E-state index in [1.54, 1.807) is 16.4 Å². The Hall–Kier alpha value is -4.55. The number of nitrogens with one attached hydrogen (secondary N) is 2. The number of amides is 2. The van der Waals surface area contributed by atoms with Crippen LogP contribution in [0.1, 0.15) is 79.6 Å². The highest BCUT2D eigenvalue weighted by Crippen LogP contribution is 2.55. The van der Waals surface area contributed by atoms with Gasteiger partial charge in [-0.25, -0.2) is 4.79 Å². The van der Waals surface area contributed by atoms with Gasteiger partial charge in [-0.1, -0.05) is 90.6 Å². The third-order valence-electron chi connectivity index (χ3n) is 11.7. The molecule has 2 amide bonds. The smallest absolute Gasteiger partial charge is 0.315 e. The Bertz CT molecular complexity index is 2040. The SMILES string of the molecule is O=C(NCc1cccc(-c2cccc([C@H]3O[C@@H](CSc4nnnn4-c4ccccc4)C[C@@H](c4ccc(CO)cc4)O3)c2)c1)NC12CC3CC(CC(C3)C1)C2. The van der Waals surface area contributed by atoms with Crippen molar-refractivity contribution in [2.45, 2.75) is 87.3 Å². The molecule has 3 N–H and O–H groups in total. The van der Waals surface area contributed by atoms with Crippen LogP contribution >= 0.6 is 11.8 Å². The molecule has 54 heavy (non-hydrogen) atoms. The topological polar surface area (TPSA) is 123 Å². The van der Waals surface area contributed by atoms with Gasteiger partial charge in [0.1, 0.15) is 0 Å². The zero-order valence-electron chi connectivity index (χ0n) is 30.2. The number of thioether (sulfide) groups is 1. The first kappa shape index (κ1) is 35.2. The Kier molecular flexibility index (Phi) is 9.96. The van der Waals surface area contributed by atoms with Crippen LogP contribution in [0.5, 0.6) is 0 Å². The summed E-state index contributed by atoms with van der Waals surface area (Å²) in [5.74, 6) is 2.98. The summed E-state index contributed by atoms with van der Waals surface area (Å²) in [6.07, 6.45) is 7.16. The molecule has 3 atom stereocenters. The second kappa shape index (κ2) is 15.3. The van der Waals surface area contributed by atoms with Crippen LogP contribution in [0.4, 0.5) is 4.79 Å². The highest BCUT2D eigenvalue weighted by atomic mass is 32.2. The van der Waals surface area contributed by atoms with Crippen molar-refractivity contribution in [3.8, 4) is 16.8 Å². The average Bonchev–Trinajstić information content (AvgIpc) is 3.68. The summed E-state index contributed by atoms with van der Waals surface area (Å²) in [5, 5.41) is 29.4. The van der Waals surface area contributed by atoms with Gasteiger partial charge < -0.3 is 25.2 Å². The molecule has 278 valence electrons. The Labute approximate surface area is 320 Å². The van der Waals surface area contributed by atoms with E-state index in [0.717, 1.165) is 76.1 Å². The number of para-hydroxylation sites is 1. The predicted molar refractivity (Wildman–Crippen MR) is 206 cm³/mol. The number of rotatable bonds is 11. The number of aromatic nitrogens is 4. The van der Waals surface area contributed by atoms with Crippen molar-refractivity contribution in [2.24, 2.45) is 17.8 Å². The third-order valence-corrected chi connectivity index (χ3v) is 12.8. The van der Waals surface area contributed by atoms with Gasteiger partial charge in [0, 0.05) is 29.8 Å². The van der Waals surface area contributed by atoms with Crippen LogP contribution in [0.2, 0.25) is 0 Å². The monoisotopic (exact) mass is 742 g/mol. The van der Waals surface area contributed by atoms with E-state index in [-0.39, 0.29) is 30.4 Å². The van der Waals surface area contributed by atoms with Gasteiger partial charge >= 0.3 is 6.03 Å². The van der Waals surface area contributed by atoms with E-state index >= 15 is 0 Å². The van der Waals surface area contributed by atoms with Crippen molar-refractivity contribution >= 4 is 17.8 Å². The van der Waals surface area contributed by atoms with Crippen LogP contribution in [0.3, 0.4) is 0 Å². The molecule has 4 aliphatic carbocycles. The lowest BCUT2D eigenvalue weighted by atomic mass is 9.53. The lowest BCUT2D eigenvalue weighted by Crippen LogP contribution is -2.61. The Morgan fingerprint density at radius 1 is 0.796 bits per heavy atom. The minimum absolute atomic E-state index is 0.00791. The standard InChI is InChI=1S/C43H46N6O4S/c50-26-28-12-14-33(15-13-28)39-21-38(27-54-42-46-47-48-49(42)37-10-2-1-3-11-37)52-40(53-39)36-9-5-8-35(20-36)34-7-4-6-29(19-34)25-44-41(51)45-43-22-30-16-31(23-43)18-32(17-30)24-43/h1-15,19-20,30-32,38-40,50H,16-18,21-27H2,(H2,44,45,51)/t30?,31?,32?,38-,39+,40+,43?/m1/s1. The minimum Gasteiger partial charge on any atom is -0.392 e. The van der Waals surface area contributed by atoms with Gasteiger partial charge in [0.2, 0.25) is 5.16 Å². The van der Waals surface area contributed by atoms with Crippen molar-refractivity contribution in [1.82, 2.24) is 30.8 Å². The van der Waals surface area contributed by atoms with E-state index in [1.165, 1.54) is 19.3 Å². The number of benzene rings is 4. The Morgan fingerprint density at radius 2 is 1.52 bits per heavy atom. The van der Waals surface area contributed by atoms with Crippen molar-refractivity contribution in [3.63, 3.8) is 0 Å². The lowest BCUT2D eigenvalue weighted by Gasteiger charge is -2.56. The Balaban J connectivity index is 0.893. The summed E-state index contributed by atoms with van der Waals surface area (Å²) in [7, 11) is 0. The van der Waals surface area contributed by atoms with Crippen molar-refractivity contribution in [3.05, 3.63) is 125 Å². The first-order valence-electron chi connectivity index (χ1n) is 19.2. The molecule has 4 bridgehead atoms. The molecule has 5 aliphatic rings. The van der Waals surface area contributed by atoms with E-state index in [2.05, 4.69) is 56.5 Å². The van der Waals surface area contributed by atoms with Crippen LogP contribution in [-0.2, 0) is 22.6 Å². The first-order valence-corrected chi connectivity index (χ1v) is 20.2. The first-order chi connectivity index (χ1) is 26.5. The molecule has 5 fully saturated rings. The fraction of sp³-hybridized carbons (Fsp3) is 0.395. The maximum Gasteiger partial charge on any atom is 0.315 e. The van der Waals surface area contributed by atoms with Crippen LogP contribution in [0, 0.1) is 17.8 Å². The number of ether oxygens (including phenoxy) is 2. The number of carbonyl (C=O) groups excluding carboxylic acids is 1. The maximum absolute atomic E-state index is 13.2. The third kappa shape index (κ3) is 7.68. The molecule has 0 spiro atoms. The van der Waals surface area contributed by atoms with Gasteiger partial charge in [-0.15, -0.1) is 5.10 Å². The fourth-order valence-corrected chi connectivity index (χ4v) is 10.6. The number of tetrazole rings is 1. The van der Waals surface area contributed by atoms with Gasteiger partial charge in [-0.2, -0.15) is 4.68 Å². The second-order valence-electron chi connectivity index (χ2n) is 15.7. The van der Waals surface area contributed by atoms with E-state index in [0.29, 0.717) is 23.9 Å². The lowest BCUT2D eigenvalue weighted by molar-refractivity contribution is -0.245. The molecule has 4 aromatic carbocycles. The number of hydrogen-bond acceptors (Lipinski definition) is 8. The van der Waals surface area contributed by atoms with Gasteiger partial charge in [-0.05, 0) is 119 Å². The number of aliphatic hydroxyl groups excluding tert-OH is 1. The zero-order valence-corrected chi connectivity index (χ0v) is 31.0. The molecule has 0 unspecified atom stereocenters. The molecule has 11 heteroatoms. The molecule has 1 aromatic heterocycles. The maximum atomic E-state index is 13.2. The van der Waals surface area contributed by atoms with E-state index < -0.39 is 6.29 Å². The number of carbonyl (C=O) groups is 1. The van der Waals surface area contributed by atoms with Gasteiger partial charge in [0.25, 0.3) is 0 Å².